The van der Waals surface area contributed by atoms with Gasteiger partial charge in [0, 0.05) is 5.88 Å². The molecule has 3 N–H and O–H groups in total. The van der Waals surface area contributed by atoms with Crippen LogP contribution >= 0.6 is 24.4 Å². The van der Waals surface area contributed by atoms with E-state index in [0.29, 0.717) is 0 Å². The van der Waals surface area contributed by atoms with E-state index in [1.54, 1.807) is 0 Å². The minimum atomic E-state index is -4.64. The zero-order valence-electron chi connectivity index (χ0n) is 16.1. The third-order valence-electron chi connectivity index (χ3n) is 5.07. The second kappa shape index (κ2) is 9.14. The minimum absolute atomic E-state index is 0.144. The van der Waals surface area contributed by atoms with Crippen LogP contribution in [-0.2, 0) is 8.85 Å². The topological polar surface area (TPSA) is 56.5 Å². The third kappa shape index (κ3) is 6.26. The first-order chi connectivity index (χ1) is 11.8. The molecule has 0 aliphatic carbocycles. The zero-order chi connectivity index (χ0) is 21.9. The van der Waals surface area contributed by atoms with E-state index in [2.05, 4.69) is 17.9 Å². The van der Waals surface area contributed by atoms with Crippen molar-refractivity contribution >= 4 is 41.0 Å². The average molecular weight is 479 g/mol. The molecule has 0 aromatic heterocycles. The molecular weight excluding hydrogens is 450 g/mol. The van der Waals surface area contributed by atoms with Crippen molar-refractivity contribution in [1.29, 1.82) is 0 Å². The molecule has 0 aromatic carbocycles. The molecule has 0 saturated carbocycles. The van der Waals surface area contributed by atoms with Crippen molar-refractivity contribution < 1.29 is 35.2 Å². The molecular formula is C13H28F6N2O2S2Si2. The lowest BCUT2D eigenvalue weighted by atomic mass is 10.3. The van der Waals surface area contributed by atoms with Crippen molar-refractivity contribution in [2.75, 3.05) is 17.8 Å². The van der Waals surface area contributed by atoms with Gasteiger partial charge < -0.3 is 14.6 Å². The highest BCUT2D eigenvalue weighted by molar-refractivity contribution is 7.99. The van der Waals surface area contributed by atoms with Crippen molar-refractivity contribution in [3.05, 3.63) is 0 Å². The lowest BCUT2D eigenvalue weighted by Crippen LogP contribution is -2.70. The summed E-state index contributed by atoms with van der Waals surface area (Å²) in [5, 5.41) is -2.31. The van der Waals surface area contributed by atoms with E-state index >= 15 is 0 Å². The molecule has 2 atom stereocenters. The molecule has 27 heavy (non-hydrogen) atoms. The fraction of sp³-hybridized carbons (Fsp3) is 1.00. The molecule has 0 bridgehead atoms. The molecule has 0 fully saturated rings. The third-order valence-corrected chi connectivity index (χ3v) is 13.7. The minimum Gasteiger partial charge on any atom is -0.406 e. The SMILES string of the molecule is CC(N)(C(F)(F)F)[Si](C)(C)OCSCNC(C)(C(F)(F)F)[Si](C)(C)OCS. The van der Waals surface area contributed by atoms with Crippen LogP contribution in [0.2, 0.25) is 26.2 Å². The molecule has 0 aromatic rings. The van der Waals surface area contributed by atoms with Gasteiger partial charge in [0.2, 0.25) is 16.6 Å². The van der Waals surface area contributed by atoms with E-state index in [9.17, 15) is 26.3 Å². The summed E-state index contributed by atoms with van der Waals surface area (Å²) < 4.78 is 90.6. The summed E-state index contributed by atoms with van der Waals surface area (Å²) in [5.74, 6) is -0.534. The number of hydrogen-bond donors (Lipinski definition) is 3. The normalized spacial score (nSPS) is 18.9. The number of thioether (sulfide) groups is 1. The van der Waals surface area contributed by atoms with Gasteiger partial charge in [-0.2, -0.15) is 39.0 Å². The molecule has 14 heteroatoms. The Balaban J connectivity index is 4.91. The lowest BCUT2D eigenvalue weighted by molar-refractivity contribution is -0.171. The molecule has 164 valence electrons. The number of thiol groups is 1. The number of rotatable bonds is 10. The predicted octanol–water partition coefficient (Wildman–Crippen LogP) is 4.23. The molecule has 0 aliphatic heterocycles. The van der Waals surface area contributed by atoms with Crippen LogP contribution in [0.15, 0.2) is 0 Å². The summed E-state index contributed by atoms with van der Waals surface area (Å²) in [6.45, 7) is 7.37. The molecule has 2 unspecified atom stereocenters. The summed E-state index contributed by atoms with van der Waals surface area (Å²) in [4.78, 5) is 0. The number of nitrogens with one attached hydrogen (secondary N) is 1. The molecule has 0 amide bonds. The monoisotopic (exact) mass is 478 g/mol. The maximum absolute atomic E-state index is 13.6. The molecule has 0 spiro atoms. The number of halogens is 6. The second-order valence-corrected chi connectivity index (χ2v) is 17.3. The van der Waals surface area contributed by atoms with Crippen LogP contribution in [0.25, 0.3) is 0 Å². The Morgan fingerprint density at radius 3 is 1.78 bits per heavy atom. The van der Waals surface area contributed by atoms with Gasteiger partial charge in [-0.25, -0.2) is 0 Å². The summed E-state index contributed by atoms with van der Waals surface area (Å²) in [6, 6.07) is 0. The number of hydrogen-bond acceptors (Lipinski definition) is 6. The van der Waals surface area contributed by atoms with Gasteiger partial charge in [0.25, 0.3) is 0 Å². The maximum atomic E-state index is 13.6. The molecule has 0 heterocycles. The Bertz CT molecular complexity index is 492. The van der Waals surface area contributed by atoms with Crippen LogP contribution in [0, 0.1) is 0 Å². The van der Waals surface area contributed by atoms with Crippen LogP contribution in [0.5, 0.6) is 0 Å². The Kier molecular flexibility index (Phi) is 9.33. The van der Waals surface area contributed by atoms with Crippen molar-refractivity contribution in [1.82, 2.24) is 5.32 Å². The van der Waals surface area contributed by atoms with E-state index in [1.165, 1.54) is 26.2 Å². The summed E-state index contributed by atoms with van der Waals surface area (Å²) in [6.07, 6.45) is -9.21. The molecule has 0 saturated heterocycles. The predicted molar refractivity (Wildman–Crippen MR) is 105 cm³/mol. The van der Waals surface area contributed by atoms with E-state index < -0.39 is 39.3 Å². The Hall–Kier alpha value is 0.554. The molecule has 0 radical (unpaired) electrons. The Morgan fingerprint density at radius 2 is 1.41 bits per heavy atom. The Morgan fingerprint density at radius 1 is 0.926 bits per heavy atom. The van der Waals surface area contributed by atoms with Gasteiger partial charge in [0.1, 0.15) is 10.3 Å². The number of alkyl halides is 6. The fourth-order valence-electron chi connectivity index (χ4n) is 1.88. The smallest absolute Gasteiger partial charge is 0.406 e. The largest absolute Gasteiger partial charge is 0.406 e. The van der Waals surface area contributed by atoms with Crippen LogP contribution in [0.4, 0.5) is 26.3 Å². The Labute approximate surface area is 168 Å². The first-order valence-electron chi connectivity index (χ1n) is 7.91. The van der Waals surface area contributed by atoms with Crippen LogP contribution in [0.1, 0.15) is 13.8 Å². The van der Waals surface area contributed by atoms with Crippen LogP contribution < -0.4 is 11.1 Å². The molecule has 0 rings (SSSR count). The van der Waals surface area contributed by atoms with Crippen molar-refractivity contribution in [2.45, 2.75) is 62.7 Å². The van der Waals surface area contributed by atoms with Gasteiger partial charge in [-0.15, -0.1) is 11.8 Å². The first kappa shape index (κ1) is 27.6. The van der Waals surface area contributed by atoms with E-state index in [4.69, 9.17) is 14.6 Å². The standard InChI is InChI=1S/C13H28F6N2O2S2Si2/c1-10(20,12(14,15)16)26(3,4)23-9-25-7-21-11(2,13(17,18)19)27(5,6)22-8-24/h21,24H,7-9,20H2,1-6H3. The van der Waals surface area contributed by atoms with Gasteiger partial charge in [-0.1, -0.05) is 0 Å². The quantitative estimate of drug-likeness (QED) is 0.144. The van der Waals surface area contributed by atoms with Gasteiger partial charge >= 0.3 is 12.4 Å². The molecule has 4 nitrogen and oxygen atoms in total. The highest BCUT2D eigenvalue weighted by Gasteiger charge is 2.62. The number of nitrogens with two attached hydrogens (primary N) is 1. The zero-order valence-corrected chi connectivity index (χ0v) is 19.8. The lowest BCUT2D eigenvalue weighted by Gasteiger charge is -2.43. The average Bonchev–Trinajstić information content (AvgIpc) is 2.43. The molecule has 0 aliphatic rings. The van der Waals surface area contributed by atoms with Gasteiger partial charge in [0.15, 0.2) is 0 Å². The van der Waals surface area contributed by atoms with Gasteiger partial charge in [-0.3, -0.25) is 5.32 Å². The summed E-state index contributed by atoms with van der Waals surface area (Å²) in [7, 11) is -6.66. The van der Waals surface area contributed by atoms with E-state index in [-0.39, 0.29) is 17.8 Å². The van der Waals surface area contributed by atoms with Crippen molar-refractivity contribution in [2.24, 2.45) is 5.73 Å². The van der Waals surface area contributed by atoms with Crippen LogP contribution in [-0.4, -0.2) is 57.1 Å². The van der Waals surface area contributed by atoms with Crippen molar-refractivity contribution in [3.8, 4) is 0 Å². The summed E-state index contributed by atoms with van der Waals surface area (Å²) in [5.41, 5.74) is 5.42. The van der Waals surface area contributed by atoms with Crippen molar-refractivity contribution in [3.63, 3.8) is 0 Å². The second-order valence-electron chi connectivity index (χ2n) is 7.40. The highest BCUT2D eigenvalue weighted by atomic mass is 32.2. The van der Waals surface area contributed by atoms with Crippen LogP contribution in [0.3, 0.4) is 0 Å². The summed E-state index contributed by atoms with van der Waals surface area (Å²) >= 11 is 4.75. The van der Waals surface area contributed by atoms with Gasteiger partial charge in [0.05, 0.1) is 11.9 Å². The first-order valence-corrected chi connectivity index (χ1v) is 15.5. The van der Waals surface area contributed by atoms with E-state index in [1.807, 2.05) is 0 Å². The highest BCUT2D eigenvalue weighted by Crippen LogP contribution is 2.39. The van der Waals surface area contributed by atoms with Gasteiger partial charge in [-0.05, 0) is 40.0 Å². The fourth-order valence-corrected chi connectivity index (χ4v) is 7.75. The maximum Gasteiger partial charge on any atom is 0.406 e. The van der Waals surface area contributed by atoms with E-state index in [0.717, 1.165) is 25.6 Å².